The van der Waals surface area contributed by atoms with E-state index in [1.165, 1.54) is 0 Å². The second-order valence-corrected chi connectivity index (χ2v) is 8.30. The molecule has 1 unspecified atom stereocenters. The molecule has 2 aromatic carbocycles. The molecule has 1 atom stereocenters. The lowest BCUT2D eigenvalue weighted by Gasteiger charge is -2.13. The number of hydrogen-bond donors (Lipinski definition) is 2. The first kappa shape index (κ1) is 20.1. The molecule has 0 spiro atoms. The summed E-state index contributed by atoms with van der Waals surface area (Å²) in [5.41, 5.74) is 3.08. The summed E-state index contributed by atoms with van der Waals surface area (Å²) in [7, 11) is 0. The predicted molar refractivity (Wildman–Crippen MR) is 127 cm³/mol. The van der Waals surface area contributed by atoms with Gasteiger partial charge in [-0.05, 0) is 31.0 Å². The number of amides is 2. The van der Waals surface area contributed by atoms with Crippen molar-refractivity contribution in [1.82, 2.24) is 19.4 Å². The van der Waals surface area contributed by atoms with E-state index in [0.29, 0.717) is 22.6 Å². The van der Waals surface area contributed by atoms with Crippen molar-refractivity contribution in [1.29, 1.82) is 0 Å². The number of aliphatic imine (C=N–C) groups is 1. The van der Waals surface area contributed by atoms with Crippen LogP contribution in [0, 0.1) is 0 Å². The molecule has 0 saturated heterocycles. The summed E-state index contributed by atoms with van der Waals surface area (Å²) in [6.07, 6.45) is 2.09. The summed E-state index contributed by atoms with van der Waals surface area (Å²) in [6, 6.07) is 19.4. The molecule has 2 aromatic heterocycles. The molecular weight excluding hydrogens is 432 g/mol. The molecule has 34 heavy (non-hydrogen) atoms. The van der Waals surface area contributed by atoms with Crippen molar-refractivity contribution < 1.29 is 9.59 Å². The van der Waals surface area contributed by atoms with Gasteiger partial charge in [-0.15, -0.1) is 0 Å². The predicted octanol–water partition coefficient (Wildman–Crippen LogP) is 2.91. The number of anilines is 1. The Balaban J connectivity index is 1.43. The van der Waals surface area contributed by atoms with Gasteiger partial charge in [-0.1, -0.05) is 48.5 Å². The molecule has 0 bridgehead atoms. The Morgan fingerprint density at radius 2 is 1.74 bits per heavy atom. The highest BCUT2D eigenvalue weighted by Crippen LogP contribution is 2.35. The number of nitrogens with zero attached hydrogens (tertiary/aromatic N) is 4. The zero-order valence-corrected chi connectivity index (χ0v) is 18.0. The van der Waals surface area contributed by atoms with E-state index >= 15 is 0 Å². The molecule has 2 amide bonds. The van der Waals surface area contributed by atoms with E-state index in [9.17, 15) is 14.4 Å². The van der Waals surface area contributed by atoms with Crippen LogP contribution in [0.25, 0.3) is 11.2 Å². The largest absolute Gasteiger partial charge is 0.338 e. The van der Waals surface area contributed by atoms with Gasteiger partial charge >= 0.3 is 11.7 Å². The standard InChI is InChI=1S/C25H20N6O3/c32-23-21(28-20(15-7-2-1-3-8-15)17-9-4-5-10-18(17)27-23)29-24(33)31-19-11-6-14-26-22(19)30(25(31)34)16-12-13-16/h1-11,14,16,21H,12-13H2,(H,27,32)(H,29,33). The highest BCUT2D eigenvalue weighted by molar-refractivity contribution is 6.19. The van der Waals surface area contributed by atoms with Crippen molar-refractivity contribution in [3.8, 4) is 0 Å². The zero-order chi connectivity index (χ0) is 23.2. The highest BCUT2D eigenvalue weighted by atomic mass is 16.2. The van der Waals surface area contributed by atoms with Gasteiger partial charge < -0.3 is 10.6 Å². The normalized spacial score (nSPS) is 17.5. The van der Waals surface area contributed by atoms with Crippen LogP contribution in [0.15, 0.2) is 82.7 Å². The summed E-state index contributed by atoms with van der Waals surface area (Å²) in [6.45, 7) is 0. The van der Waals surface area contributed by atoms with Gasteiger partial charge in [0.05, 0.1) is 16.9 Å². The average molecular weight is 452 g/mol. The minimum absolute atomic E-state index is 0.0392. The fourth-order valence-electron chi connectivity index (χ4n) is 4.27. The molecule has 2 N–H and O–H groups in total. The molecule has 168 valence electrons. The third kappa shape index (κ3) is 3.29. The van der Waals surface area contributed by atoms with Crippen molar-refractivity contribution in [2.45, 2.75) is 25.0 Å². The molecule has 1 aliphatic carbocycles. The zero-order valence-electron chi connectivity index (χ0n) is 18.0. The SMILES string of the molecule is O=C1Nc2ccccc2C(c2ccccc2)=NC1NC(=O)n1c(=O)n(C2CC2)c2ncccc21. The van der Waals surface area contributed by atoms with Crippen LogP contribution in [0.3, 0.4) is 0 Å². The number of imidazole rings is 1. The molecule has 3 heterocycles. The fraction of sp³-hybridized carbons (Fsp3) is 0.160. The first-order valence-electron chi connectivity index (χ1n) is 11.0. The van der Waals surface area contributed by atoms with E-state index in [0.717, 1.165) is 28.5 Å². The monoisotopic (exact) mass is 452 g/mol. The lowest BCUT2D eigenvalue weighted by Crippen LogP contribution is -2.46. The summed E-state index contributed by atoms with van der Waals surface area (Å²) in [5.74, 6) is -0.496. The Hall–Kier alpha value is -4.53. The van der Waals surface area contributed by atoms with Crippen LogP contribution >= 0.6 is 0 Å². The number of nitrogens with one attached hydrogen (secondary N) is 2. The summed E-state index contributed by atoms with van der Waals surface area (Å²) >= 11 is 0. The number of para-hydroxylation sites is 1. The van der Waals surface area contributed by atoms with Gasteiger partial charge in [0.25, 0.3) is 5.91 Å². The summed E-state index contributed by atoms with van der Waals surface area (Å²) in [5, 5.41) is 5.49. The van der Waals surface area contributed by atoms with E-state index in [4.69, 9.17) is 0 Å². The van der Waals surface area contributed by atoms with Crippen molar-refractivity contribution in [3.63, 3.8) is 0 Å². The van der Waals surface area contributed by atoms with Crippen molar-refractivity contribution >= 4 is 34.5 Å². The summed E-state index contributed by atoms with van der Waals surface area (Å²) < 4.78 is 2.58. The van der Waals surface area contributed by atoms with Gasteiger partial charge in [-0.3, -0.25) is 9.36 Å². The van der Waals surface area contributed by atoms with Crippen LogP contribution < -0.4 is 16.3 Å². The van der Waals surface area contributed by atoms with Crippen LogP contribution in [0.5, 0.6) is 0 Å². The lowest BCUT2D eigenvalue weighted by molar-refractivity contribution is -0.117. The van der Waals surface area contributed by atoms with Crippen LogP contribution in [0.1, 0.15) is 30.0 Å². The maximum atomic E-state index is 13.3. The number of benzene rings is 2. The molecule has 6 rings (SSSR count). The van der Waals surface area contributed by atoms with E-state index in [1.54, 1.807) is 29.0 Å². The number of pyridine rings is 1. The number of fused-ring (bicyclic) bond motifs is 2. The molecule has 1 aliphatic heterocycles. The molecule has 2 aliphatic rings. The number of carbonyl (C=O) groups is 2. The topological polar surface area (TPSA) is 110 Å². The third-order valence-electron chi connectivity index (χ3n) is 6.00. The van der Waals surface area contributed by atoms with Gasteiger partial charge in [0.2, 0.25) is 6.17 Å². The van der Waals surface area contributed by atoms with Crippen LogP contribution in [-0.2, 0) is 4.79 Å². The quantitative estimate of drug-likeness (QED) is 0.498. The van der Waals surface area contributed by atoms with Gasteiger partial charge in [0, 0.05) is 23.4 Å². The molecule has 9 nitrogen and oxygen atoms in total. The number of benzodiazepines with no additional fused rings is 1. The first-order valence-corrected chi connectivity index (χ1v) is 11.0. The smallest absolute Gasteiger partial charge is 0.322 e. The maximum absolute atomic E-state index is 13.3. The van der Waals surface area contributed by atoms with Crippen molar-refractivity contribution in [2.75, 3.05) is 5.32 Å². The minimum Gasteiger partial charge on any atom is -0.322 e. The Bertz CT molecular complexity index is 1530. The highest BCUT2D eigenvalue weighted by Gasteiger charge is 2.33. The van der Waals surface area contributed by atoms with Crippen LogP contribution in [0.4, 0.5) is 10.5 Å². The Morgan fingerprint density at radius 3 is 2.53 bits per heavy atom. The molecule has 1 fully saturated rings. The second-order valence-electron chi connectivity index (χ2n) is 8.30. The molecule has 1 saturated carbocycles. The van der Waals surface area contributed by atoms with Crippen molar-refractivity contribution in [2.24, 2.45) is 4.99 Å². The molecule has 9 heteroatoms. The molecule has 0 radical (unpaired) electrons. The van der Waals surface area contributed by atoms with Crippen LogP contribution in [-0.4, -0.2) is 37.9 Å². The number of hydrogen-bond acceptors (Lipinski definition) is 5. The Morgan fingerprint density at radius 1 is 0.971 bits per heavy atom. The van der Waals surface area contributed by atoms with E-state index in [-0.39, 0.29) is 6.04 Å². The maximum Gasteiger partial charge on any atom is 0.338 e. The molecular formula is C25H20N6O3. The third-order valence-corrected chi connectivity index (χ3v) is 6.00. The van der Waals surface area contributed by atoms with E-state index in [2.05, 4.69) is 20.6 Å². The van der Waals surface area contributed by atoms with Gasteiger partial charge in [0.1, 0.15) is 0 Å². The van der Waals surface area contributed by atoms with Crippen LogP contribution in [0.2, 0.25) is 0 Å². The van der Waals surface area contributed by atoms with Gasteiger partial charge in [0.15, 0.2) is 5.65 Å². The summed E-state index contributed by atoms with van der Waals surface area (Å²) in [4.78, 5) is 48.5. The lowest BCUT2D eigenvalue weighted by atomic mass is 10.0. The second kappa shape index (κ2) is 7.80. The average Bonchev–Trinajstić information content (AvgIpc) is 3.66. The number of aromatic nitrogens is 3. The molecule has 4 aromatic rings. The fourth-order valence-corrected chi connectivity index (χ4v) is 4.27. The minimum atomic E-state index is -1.24. The van der Waals surface area contributed by atoms with E-state index < -0.39 is 23.8 Å². The number of rotatable bonds is 3. The first-order chi connectivity index (χ1) is 16.6. The van der Waals surface area contributed by atoms with Crippen molar-refractivity contribution in [3.05, 3.63) is 94.5 Å². The Kier molecular flexibility index (Phi) is 4.61. The van der Waals surface area contributed by atoms with E-state index in [1.807, 2.05) is 48.5 Å². The number of carbonyl (C=O) groups excluding carboxylic acids is 2. The van der Waals surface area contributed by atoms with Gasteiger partial charge in [-0.2, -0.15) is 0 Å². The Labute approximate surface area is 193 Å². The van der Waals surface area contributed by atoms with Gasteiger partial charge in [-0.25, -0.2) is 24.1 Å².